The van der Waals surface area contributed by atoms with Crippen molar-refractivity contribution in [3.05, 3.63) is 54.0 Å². The first-order chi connectivity index (χ1) is 15.0. The summed E-state index contributed by atoms with van der Waals surface area (Å²) in [6, 6.07) is 9.23. The van der Waals surface area contributed by atoms with Crippen molar-refractivity contribution in [1.82, 2.24) is 25.6 Å². The molecule has 9 nitrogen and oxygen atoms in total. The Balaban J connectivity index is 1.86. The van der Waals surface area contributed by atoms with Gasteiger partial charge in [0.1, 0.15) is 11.4 Å². The van der Waals surface area contributed by atoms with Crippen LogP contribution in [0.25, 0.3) is 22.4 Å². The summed E-state index contributed by atoms with van der Waals surface area (Å²) in [5, 5.41) is 7.38. The number of aromatic nitrogens is 3. The van der Waals surface area contributed by atoms with Crippen LogP contribution in [0.15, 0.2) is 42.7 Å². The molecule has 0 saturated heterocycles. The van der Waals surface area contributed by atoms with Gasteiger partial charge < -0.3 is 10.1 Å². The highest BCUT2D eigenvalue weighted by molar-refractivity contribution is 6.03. The molecule has 160 valence electrons. The fraction of sp³-hybridized carbons (Fsp3) is 0.273. The third-order valence-corrected chi connectivity index (χ3v) is 4.99. The zero-order chi connectivity index (χ0) is 22.0. The Morgan fingerprint density at radius 1 is 1.10 bits per heavy atom. The summed E-state index contributed by atoms with van der Waals surface area (Å²) in [5.41, 5.74) is 5.41. The number of amides is 2. The van der Waals surface area contributed by atoms with Crippen LogP contribution in [0.5, 0.6) is 5.75 Å². The second-order valence-electron chi connectivity index (χ2n) is 7.26. The molecule has 2 heterocycles. The van der Waals surface area contributed by atoms with Crippen LogP contribution < -0.4 is 15.5 Å². The van der Waals surface area contributed by atoms with E-state index in [0.717, 1.165) is 24.1 Å². The smallest absolute Gasteiger partial charge is 0.277 e. The molecule has 1 aromatic carbocycles. The number of nitrogens with zero attached hydrogens (tertiary/aromatic N) is 3. The van der Waals surface area contributed by atoms with Crippen molar-refractivity contribution in [2.24, 2.45) is 7.05 Å². The minimum Gasteiger partial charge on any atom is -0.495 e. The van der Waals surface area contributed by atoms with Gasteiger partial charge in [-0.1, -0.05) is 12.1 Å². The van der Waals surface area contributed by atoms with Crippen LogP contribution in [0.3, 0.4) is 0 Å². The number of methoxy groups -OCH3 is 1. The maximum atomic E-state index is 12.6. The summed E-state index contributed by atoms with van der Waals surface area (Å²) in [7, 11) is 4.74. The molecule has 1 aliphatic carbocycles. The van der Waals surface area contributed by atoms with Crippen molar-refractivity contribution in [3.8, 4) is 28.1 Å². The molecule has 31 heavy (non-hydrogen) atoms. The predicted octanol–water partition coefficient (Wildman–Crippen LogP) is 2.34. The van der Waals surface area contributed by atoms with E-state index < -0.39 is 5.91 Å². The van der Waals surface area contributed by atoms with Crippen LogP contribution in [0.1, 0.15) is 33.7 Å². The maximum absolute atomic E-state index is 12.6. The molecule has 0 atom stereocenters. The average Bonchev–Trinajstić information content (AvgIpc) is 3.49. The molecular weight excluding hydrogens is 398 g/mol. The van der Waals surface area contributed by atoms with Crippen molar-refractivity contribution in [2.45, 2.75) is 18.9 Å². The quantitative estimate of drug-likeness (QED) is 0.567. The molecule has 1 saturated carbocycles. The van der Waals surface area contributed by atoms with Crippen molar-refractivity contribution < 1.29 is 19.2 Å². The molecule has 0 unspecified atom stereocenters. The molecule has 2 amide bonds. The highest BCUT2D eigenvalue weighted by Crippen LogP contribution is 2.39. The summed E-state index contributed by atoms with van der Waals surface area (Å²) < 4.78 is 7.43. The normalized spacial score (nSPS) is 13.0. The van der Waals surface area contributed by atoms with Gasteiger partial charge in [0.05, 0.1) is 25.5 Å². The number of aryl methyl sites for hydroxylation is 1. The second-order valence-corrected chi connectivity index (χ2v) is 7.26. The van der Waals surface area contributed by atoms with E-state index in [9.17, 15) is 9.59 Å². The summed E-state index contributed by atoms with van der Waals surface area (Å²) in [4.78, 5) is 34.2. The highest BCUT2D eigenvalue weighted by atomic mass is 16.6. The van der Waals surface area contributed by atoms with Gasteiger partial charge in [0.15, 0.2) is 0 Å². The molecule has 2 aromatic heterocycles. The van der Waals surface area contributed by atoms with Crippen molar-refractivity contribution in [3.63, 3.8) is 0 Å². The van der Waals surface area contributed by atoms with Crippen LogP contribution in [-0.4, -0.2) is 46.8 Å². The first kappa shape index (κ1) is 20.5. The van der Waals surface area contributed by atoms with Crippen LogP contribution in [0, 0.1) is 0 Å². The Morgan fingerprint density at radius 3 is 2.52 bits per heavy atom. The average molecular weight is 421 g/mol. The van der Waals surface area contributed by atoms with E-state index in [1.807, 2.05) is 37.5 Å². The molecular formula is C22H23N5O4. The Kier molecular flexibility index (Phi) is 5.68. The SMILES string of the molecule is CONC(=O)c1cnc(C(=O)NC2CC2)cc1-c1cccc(-c2ccn(C)n2)c1OC. The van der Waals surface area contributed by atoms with Gasteiger partial charge in [-0.15, -0.1) is 0 Å². The summed E-state index contributed by atoms with van der Waals surface area (Å²) in [6.07, 6.45) is 5.14. The lowest BCUT2D eigenvalue weighted by molar-refractivity contribution is 0.0537. The van der Waals surface area contributed by atoms with Crippen LogP contribution in [0.2, 0.25) is 0 Å². The molecule has 4 rings (SSSR count). The van der Waals surface area contributed by atoms with Gasteiger partial charge in [-0.3, -0.25) is 24.1 Å². The van der Waals surface area contributed by atoms with E-state index >= 15 is 0 Å². The number of hydroxylamine groups is 1. The number of carbonyl (C=O) groups is 2. The van der Waals surface area contributed by atoms with Gasteiger partial charge in [0, 0.05) is 42.2 Å². The van der Waals surface area contributed by atoms with Crippen LogP contribution in [-0.2, 0) is 11.9 Å². The Hall–Kier alpha value is -3.72. The lowest BCUT2D eigenvalue weighted by Gasteiger charge is -2.16. The van der Waals surface area contributed by atoms with E-state index in [2.05, 4.69) is 20.9 Å². The predicted molar refractivity (Wildman–Crippen MR) is 113 cm³/mol. The fourth-order valence-electron chi connectivity index (χ4n) is 3.35. The maximum Gasteiger partial charge on any atom is 0.277 e. The largest absolute Gasteiger partial charge is 0.495 e. The zero-order valence-electron chi connectivity index (χ0n) is 17.5. The molecule has 1 fully saturated rings. The van der Waals surface area contributed by atoms with E-state index in [-0.39, 0.29) is 23.2 Å². The number of benzene rings is 1. The number of carbonyl (C=O) groups excluding carboxylic acids is 2. The van der Waals surface area contributed by atoms with Crippen molar-refractivity contribution >= 4 is 11.8 Å². The third kappa shape index (κ3) is 4.26. The van der Waals surface area contributed by atoms with Crippen molar-refractivity contribution in [2.75, 3.05) is 14.2 Å². The number of rotatable bonds is 7. The van der Waals surface area contributed by atoms with Gasteiger partial charge in [0.25, 0.3) is 11.8 Å². The van der Waals surface area contributed by atoms with E-state index in [4.69, 9.17) is 9.57 Å². The standard InChI is InChI=1S/C22H23N5O4/c1-27-10-9-18(25-27)15-6-4-5-14(20(15)30-2)16-11-19(22(29)24-13-7-8-13)23-12-17(16)21(28)26-31-3/h4-6,9-13H,7-8H2,1-3H3,(H,24,29)(H,26,28). The van der Waals surface area contributed by atoms with Crippen LogP contribution in [0.4, 0.5) is 0 Å². The molecule has 0 spiro atoms. The first-order valence-electron chi connectivity index (χ1n) is 9.83. The first-order valence-corrected chi connectivity index (χ1v) is 9.83. The molecule has 0 aliphatic heterocycles. The number of ether oxygens (including phenoxy) is 1. The van der Waals surface area contributed by atoms with Crippen molar-refractivity contribution in [1.29, 1.82) is 0 Å². The number of nitrogens with one attached hydrogen (secondary N) is 2. The van der Waals surface area contributed by atoms with Gasteiger partial charge in [-0.25, -0.2) is 5.48 Å². The molecule has 1 aliphatic rings. The number of para-hydroxylation sites is 1. The van der Waals surface area contributed by atoms with E-state index in [1.165, 1.54) is 13.3 Å². The van der Waals surface area contributed by atoms with Gasteiger partial charge >= 0.3 is 0 Å². The number of hydrogen-bond donors (Lipinski definition) is 2. The summed E-state index contributed by atoms with van der Waals surface area (Å²) in [6.45, 7) is 0. The Labute approximate surface area is 179 Å². The Bertz CT molecular complexity index is 1140. The summed E-state index contributed by atoms with van der Waals surface area (Å²) in [5.74, 6) is -0.223. The minimum absolute atomic E-state index is 0.191. The highest BCUT2D eigenvalue weighted by Gasteiger charge is 2.26. The van der Waals surface area contributed by atoms with E-state index in [0.29, 0.717) is 16.9 Å². The number of pyridine rings is 1. The number of hydrogen-bond acceptors (Lipinski definition) is 6. The molecule has 3 aromatic rings. The van der Waals surface area contributed by atoms with Gasteiger partial charge in [0.2, 0.25) is 0 Å². The molecule has 0 radical (unpaired) electrons. The zero-order valence-corrected chi connectivity index (χ0v) is 17.5. The fourth-order valence-corrected chi connectivity index (χ4v) is 3.35. The third-order valence-electron chi connectivity index (χ3n) is 4.99. The van der Waals surface area contributed by atoms with Gasteiger partial charge in [-0.05, 0) is 31.0 Å². The minimum atomic E-state index is -0.482. The molecule has 2 N–H and O–H groups in total. The topological polar surface area (TPSA) is 107 Å². The summed E-state index contributed by atoms with van der Waals surface area (Å²) >= 11 is 0. The Morgan fingerprint density at radius 2 is 1.87 bits per heavy atom. The lowest BCUT2D eigenvalue weighted by Crippen LogP contribution is -2.27. The van der Waals surface area contributed by atoms with E-state index in [1.54, 1.807) is 17.9 Å². The molecule has 9 heteroatoms. The monoisotopic (exact) mass is 421 g/mol. The second kappa shape index (κ2) is 8.57. The molecule has 0 bridgehead atoms. The van der Waals surface area contributed by atoms with Gasteiger partial charge in [-0.2, -0.15) is 5.10 Å². The lowest BCUT2D eigenvalue weighted by atomic mass is 9.96. The van der Waals surface area contributed by atoms with Crippen LogP contribution >= 0.6 is 0 Å².